The number of allylic oxidation sites excluding steroid dienone is 10. The van der Waals surface area contributed by atoms with Crippen molar-refractivity contribution in [1.82, 2.24) is 5.32 Å². The number of unbranched alkanes of at least 4 members (excludes halogenated alkanes) is 25. The van der Waals surface area contributed by atoms with E-state index in [-0.39, 0.29) is 24.9 Å². The minimum atomic E-state index is -0.798. The lowest BCUT2D eigenvalue weighted by atomic mass is 10.0. The molecule has 0 aliphatic heterocycles. The normalized spacial score (nSPS) is 13.7. The van der Waals surface area contributed by atoms with Gasteiger partial charge in [-0.3, -0.25) is 9.59 Å². The van der Waals surface area contributed by atoms with Crippen molar-refractivity contribution in [3.05, 3.63) is 60.8 Å². The van der Waals surface area contributed by atoms with E-state index in [9.17, 15) is 19.8 Å². The predicted octanol–water partition coefficient (Wildman–Crippen LogP) is 16.0. The maximum atomic E-state index is 13.2. The molecule has 0 aromatic heterocycles. The van der Waals surface area contributed by atoms with Crippen LogP contribution in [0.1, 0.15) is 258 Å². The predicted molar refractivity (Wildman–Crippen MR) is 268 cm³/mol. The van der Waals surface area contributed by atoms with Crippen LogP contribution in [0, 0.1) is 0 Å². The molecule has 0 fully saturated rings. The summed E-state index contributed by atoms with van der Waals surface area (Å²) in [4.78, 5) is 26.2. The number of carbonyl (C=O) groups is 2. The van der Waals surface area contributed by atoms with Gasteiger partial charge in [0.1, 0.15) is 6.10 Å². The van der Waals surface area contributed by atoms with E-state index >= 15 is 0 Å². The van der Waals surface area contributed by atoms with Gasteiger partial charge in [0, 0.05) is 6.42 Å². The number of rotatable bonds is 47. The minimum absolute atomic E-state index is 0.0535. The van der Waals surface area contributed by atoms with Gasteiger partial charge in [0.25, 0.3) is 0 Å². The van der Waals surface area contributed by atoms with Gasteiger partial charge in [0.15, 0.2) is 0 Å². The van der Waals surface area contributed by atoms with Crippen LogP contribution in [0.15, 0.2) is 60.8 Å². The Morgan fingerprint density at radius 1 is 0.484 bits per heavy atom. The molecule has 6 nitrogen and oxygen atoms in total. The largest absolute Gasteiger partial charge is 0.462 e. The van der Waals surface area contributed by atoms with Crippen molar-refractivity contribution < 1.29 is 24.5 Å². The molecule has 0 aliphatic rings. The summed E-state index contributed by atoms with van der Waals surface area (Å²) in [6.07, 6.45) is 61.4. The quantitative estimate of drug-likeness (QED) is 0.0322. The summed E-state index contributed by atoms with van der Waals surface area (Å²) in [6.45, 7) is 6.36. The Morgan fingerprint density at radius 2 is 0.871 bits per heavy atom. The topological polar surface area (TPSA) is 95.9 Å². The molecule has 360 valence electrons. The first-order valence-electron chi connectivity index (χ1n) is 26.5. The van der Waals surface area contributed by atoms with Crippen molar-refractivity contribution >= 4 is 11.9 Å². The number of aliphatic hydroxyl groups is 2. The van der Waals surface area contributed by atoms with Crippen LogP contribution in [0.25, 0.3) is 0 Å². The molecule has 3 N–H and O–H groups in total. The van der Waals surface area contributed by atoms with E-state index in [1.54, 1.807) is 0 Å². The summed E-state index contributed by atoms with van der Waals surface area (Å²) in [6, 6.07) is -0.713. The lowest BCUT2D eigenvalue weighted by Gasteiger charge is -2.24. The summed E-state index contributed by atoms with van der Waals surface area (Å²) < 4.78 is 5.92. The second-order valence-electron chi connectivity index (χ2n) is 17.9. The second kappa shape index (κ2) is 49.6. The third kappa shape index (κ3) is 44.2. The first kappa shape index (κ1) is 59.6. The molecule has 0 spiro atoms. The smallest absolute Gasteiger partial charge is 0.306 e. The average molecular weight is 868 g/mol. The Balaban J connectivity index is 4.66. The molecule has 6 heteroatoms. The van der Waals surface area contributed by atoms with E-state index in [1.165, 1.54) is 109 Å². The van der Waals surface area contributed by atoms with Crippen LogP contribution in [0.5, 0.6) is 0 Å². The SMILES string of the molecule is CC/C=C/C/C=C/C/C=C/C/C=C/CCCCCC(=O)OC(CCCCC/C=C/CCCCCCCCCCC)CC(=O)NC(CO)C(O)CCCCCCCCCCCCC. The zero-order valence-electron chi connectivity index (χ0n) is 41.0. The third-order valence-corrected chi connectivity index (χ3v) is 11.8. The van der Waals surface area contributed by atoms with Gasteiger partial charge >= 0.3 is 5.97 Å². The monoisotopic (exact) mass is 868 g/mol. The van der Waals surface area contributed by atoms with Gasteiger partial charge in [0.2, 0.25) is 5.91 Å². The minimum Gasteiger partial charge on any atom is -0.462 e. The van der Waals surface area contributed by atoms with Crippen LogP contribution in [-0.4, -0.2) is 46.9 Å². The summed E-state index contributed by atoms with van der Waals surface area (Å²) in [5.74, 6) is -0.522. The Bertz CT molecular complexity index is 1110. The van der Waals surface area contributed by atoms with Crippen LogP contribution < -0.4 is 5.32 Å². The van der Waals surface area contributed by atoms with Crippen molar-refractivity contribution in [1.29, 1.82) is 0 Å². The van der Waals surface area contributed by atoms with Gasteiger partial charge in [-0.1, -0.05) is 216 Å². The zero-order valence-corrected chi connectivity index (χ0v) is 41.0. The molecule has 3 atom stereocenters. The number of hydrogen-bond donors (Lipinski definition) is 3. The molecule has 1 amide bonds. The van der Waals surface area contributed by atoms with Crippen molar-refractivity contribution in [3.63, 3.8) is 0 Å². The van der Waals surface area contributed by atoms with Gasteiger partial charge in [-0.2, -0.15) is 0 Å². The van der Waals surface area contributed by atoms with Crippen molar-refractivity contribution in [3.8, 4) is 0 Å². The van der Waals surface area contributed by atoms with E-state index in [0.717, 1.165) is 103 Å². The lowest BCUT2D eigenvalue weighted by Crippen LogP contribution is -2.46. The van der Waals surface area contributed by atoms with E-state index < -0.39 is 18.2 Å². The molecule has 0 heterocycles. The number of carbonyl (C=O) groups excluding carboxylic acids is 2. The highest BCUT2D eigenvalue weighted by molar-refractivity contribution is 5.77. The van der Waals surface area contributed by atoms with Crippen molar-refractivity contribution in [2.75, 3.05) is 6.61 Å². The number of esters is 1. The molecule has 0 radical (unpaired) electrons. The molecule has 0 saturated carbocycles. The first-order chi connectivity index (χ1) is 30.5. The van der Waals surface area contributed by atoms with Gasteiger partial charge in [-0.15, -0.1) is 0 Å². The number of nitrogens with one attached hydrogen (secondary N) is 1. The highest BCUT2D eigenvalue weighted by Gasteiger charge is 2.24. The first-order valence-corrected chi connectivity index (χ1v) is 26.5. The molecule has 0 saturated heterocycles. The van der Waals surface area contributed by atoms with Crippen LogP contribution in [0.4, 0.5) is 0 Å². The molecular weight excluding hydrogens is 767 g/mol. The molecule has 0 aromatic rings. The zero-order chi connectivity index (χ0) is 45.2. The number of amides is 1. The van der Waals surface area contributed by atoms with E-state index in [4.69, 9.17) is 4.74 Å². The number of ether oxygens (including phenoxy) is 1. The molecule has 3 unspecified atom stereocenters. The Morgan fingerprint density at radius 3 is 1.35 bits per heavy atom. The third-order valence-electron chi connectivity index (χ3n) is 11.8. The summed E-state index contributed by atoms with van der Waals surface area (Å²) in [5.41, 5.74) is 0. The fraction of sp³-hybridized carbons (Fsp3) is 0.786. The molecule has 0 rings (SSSR count). The summed E-state index contributed by atoms with van der Waals surface area (Å²) in [5, 5.41) is 23.7. The molecule has 0 aliphatic carbocycles. The van der Waals surface area contributed by atoms with Crippen molar-refractivity contribution in [2.45, 2.75) is 277 Å². The van der Waals surface area contributed by atoms with Gasteiger partial charge < -0.3 is 20.3 Å². The number of hydrogen-bond acceptors (Lipinski definition) is 5. The Labute approximate surface area is 384 Å². The van der Waals surface area contributed by atoms with E-state index in [2.05, 4.69) is 86.8 Å². The Hall–Kier alpha value is -2.44. The van der Waals surface area contributed by atoms with E-state index in [0.29, 0.717) is 19.3 Å². The average Bonchev–Trinajstić information content (AvgIpc) is 3.26. The van der Waals surface area contributed by atoms with Gasteiger partial charge in [0.05, 0.1) is 25.2 Å². The Kier molecular flexibility index (Phi) is 47.6. The van der Waals surface area contributed by atoms with E-state index in [1.807, 2.05) is 0 Å². The van der Waals surface area contributed by atoms with Gasteiger partial charge in [-0.05, 0) is 89.9 Å². The maximum Gasteiger partial charge on any atom is 0.306 e. The molecule has 0 aromatic carbocycles. The molecule has 62 heavy (non-hydrogen) atoms. The standard InChI is InChI=1S/C56H101NO5/c1-4-7-10-13-16-19-22-24-26-28-30-33-35-38-41-44-47-52(62-56(61)49-46-43-40-37-34-31-29-27-25-23-20-17-14-11-8-5-2)50-55(60)57-53(51-58)54(59)48-45-42-39-36-32-21-18-15-12-9-6-3/h8,11,17,20,25,27,30-31,33-34,52-54,58-59H,4-7,9-10,12-16,18-19,21-24,26,28-29,32,35-51H2,1-3H3,(H,57,60)/b11-8+,20-17+,27-25+,33-30+,34-31+. The molecule has 0 bridgehead atoms. The second-order valence-corrected chi connectivity index (χ2v) is 17.9. The van der Waals surface area contributed by atoms with Crippen LogP contribution >= 0.6 is 0 Å². The highest BCUT2D eigenvalue weighted by Crippen LogP contribution is 2.17. The fourth-order valence-corrected chi connectivity index (χ4v) is 7.83. The van der Waals surface area contributed by atoms with Crippen molar-refractivity contribution in [2.24, 2.45) is 0 Å². The summed E-state index contributed by atoms with van der Waals surface area (Å²) >= 11 is 0. The lowest BCUT2D eigenvalue weighted by molar-refractivity contribution is -0.151. The van der Waals surface area contributed by atoms with Crippen LogP contribution in [0.3, 0.4) is 0 Å². The van der Waals surface area contributed by atoms with Crippen LogP contribution in [0.2, 0.25) is 0 Å². The highest BCUT2D eigenvalue weighted by atomic mass is 16.5. The number of aliphatic hydroxyl groups excluding tert-OH is 2. The van der Waals surface area contributed by atoms with Gasteiger partial charge in [-0.25, -0.2) is 0 Å². The summed E-state index contributed by atoms with van der Waals surface area (Å²) in [7, 11) is 0. The van der Waals surface area contributed by atoms with Crippen LogP contribution in [-0.2, 0) is 14.3 Å². The fourth-order valence-electron chi connectivity index (χ4n) is 7.83. The maximum absolute atomic E-state index is 13.2. The molecular formula is C56H101NO5.